The van der Waals surface area contributed by atoms with Crippen LogP contribution in [0.1, 0.15) is 6.42 Å². The number of likely N-dealkylation sites (N-methyl/N-ethyl adjacent to an activating group) is 1. The van der Waals surface area contributed by atoms with E-state index in [-0.39, 0.29) is 0 Å². The summed E-state index contributed by atoms with van der Waals surface area (Å²) in [5, 5.41) is 3.18. The van der Waals surface area contributed by atoms with Gasteiger partial charge in [-0.05, 0) is 44.3 Å². The average molecular weight is 361 g/mol. The minimum Gasteiger partial charge on any atom is -0.370 e. The lowest BCUT2D eigenvalue weighted by Gasteiger charge is -2.22. The molecule has 3 aromatic heterocycles. The molecule has 1 fully saturated rings. The van der Waals surface area contributed by atoms with Crippen LogP contribution in [0.4, 0.5) is 11.6 Å². The number of aromatic nitrogens is 4. The zero-order valence-corrected chi connectivity index (χ0v) is 15.7. The molecule has 0 spiro atoms. The molecule has 7 heteroatoms. The molecular weight excluding hydrogens is 338 g/mol. The molecule has 0 unspecified atom stereocenters. The molecule has 4 aromatic rings. The Morgan fingerprint density at radius 1 is 0.852 bits per heavy atom. The van der Waals surface area contributed by atoms with E-state index in [9.17, 15) is 0 Å². The van der Waals surface area contributed by atoms with Crippen LogP contribution in [0.2, 0.25) is 0 Å². The maximum atomic E-state index is 5.03. The van der Waals surface area contributed by atoms with E-state index in [0.717, 1.165) is 72.1 Å². The molecule has 0 aliphatic carbocycles. The van der Waals surface area contributed by atoms with Crippen molar-refractivity contribution in [2.45, 2.75) is 6.42 Å². The van der Waals surface area contributed by atoms with E-state index in [1.165, 1.54) is 0 Å². The van der Waals surface area contributed by atoms with E-state index in [1.54, 1.807) is 0 Å². The third-order valence-corrected chi connectivity index (χ3v) is 5.34. The summed E-state index contributed by atoms with van der Waals surface area (Å²) in [6.45, 7) is 4.21. The fourth-order valence-corrected chi connectivity index (χ4v) is 3.87. The number of hydrogen-bond acceptors (Lipinski definition) is 6. The van der Waals surface area contributed by atoms with Crippen molar-refractivity contribution in [1.82, 2.24) is 24.3 Å². The van der Waals surface area contributed by atoms with E-state index in [2.05, 4.69) is 44.8 Å². The average Bonchev–Trinajstić information content (AvgIpc) is 2.96. The minimum atomic E-state index is 0.768. The standard InChI is InChI=1S/C20H23N7/c1-21-18-20-23-14-6-3-4-7-16(14)27(20)19-15(22-18)8-9-17(24-19)26-11-5-10-25(2)12-13-26/h3-4,6-9H,5,10-13H2,1-2H3,(H,21,22). The number of nitrogens with zero attached hydrogens (tertiary/aromatic N) is 6. The summed E-state index contributed by atoms with van der Waals surface area (Å²) in [6, 6.07) is 12.3. The van der Waals surface area contributed by atoms with Crippen molar-refractivity contribution in [2.75, 3.05) is 50.5 Å². The number of benzene rings is 1. The molecule has 138 valence electrons. The number of anilines is 2. The van der Waals surface area contributed by atoms with Crippen LogP contribution >= 0.6 is 0 Å². The SMILES string of the molecule is CNc1nc2ccc(N3CCCN(C)CC3)nc2n2c1nc1ccccc12. The molecule has 1 N–H and O–H groups in total. The molecule has 5 rings (SSSR count). The summed E-state index contributed by atoms with van der Waals surface area (Å²) in [6.07, 6.45) is 1.15. The van der Waals surface area contributed by atoms with Crippen LogP contribution in [-0.4, -0.2) is 64.5 Å². The van der Waals surface area contributed by atoms with Crippen molar-refractivity contribution in [3.05, 3.63) is 36.4 Å². The molecular formula is C20H23N7. The van der Waals surface area contributed by atoms with Crippen LogP contribution in [-0.2, 0) is 0 Å². The second-order valence-electron chi connectivity index (χ2n) is 7.13. The molecule has 0 bridgehead atoms. The predicted octanol–water partition coefficient (Wildman–Crippen LogP) is 2.61. The summed E-state index contributed by atoms with van der Waals surface area (Å²) < 4.78 is 2.12. The molecule has 4 heterocycles. The van der Waals surface area contributed by atoms with E-state index >= 15 is 0 Å². The maximum absolute atomic E-state index is 5.03. The van der Waals surface area contributed by atoms with Crippen LogP contribution in [0.25, 0.3) is 27.8 Å². The Bertz CT molecular complexity index is 1130. The maximum Gasteiger partial charge on any atom is 0.182 e. The second kappa shape index (κ2) is 6.35. The van der Waals surface area contributed by atoms with E-state index in [4.69, 9.17) is 15.0 Å². The van der Waals surface area contributed by atoms with Crippen LogP contribution in [0.3, 0.4) is 0 Å². The van der Waals surface area contributed by atoms with Crippen LogP contribution in [0, 0.1) is 0 Å². The molecule has 7 nitrogen and oxygen atoms in total. The first kappa shape index (κ1) is 16.3. The summed E-state index contributed by atoms with van der Waals surface area (Å²) in [7, 11) is 4.06. The number of nitrogens with one attached hydrogen (secondary N) is 1. The smallest absolute Gasteiger partial charge is 0.182 e. The highest BCUT2D eigenvalue weighted by atomic mass is 15.2. The Labute approximate surface area is 157 Å². The van der Waals surface area contributed by atoms with E-state index in [1.807, 2.05) is 25.2 Å². The third kappa shape index (κ3) is 2.66. The predicted molar refractivity (Wildman–Crippen MR) is 110 cm³/mol. The number of hydrogen-bond donors (Lipinski definition) is 1. The summed E-state index contributed by atoms with van der Waals surface area (Å²) in [5.41, 5.74) is 4.54. The van der Waals surface area contributed by atoms with Crippen molar-refractivity contribution < 1.29 is 0 Å². The van der Waals surface area contributed by atoms with E-state index in [0.29, 0.717) is 0 Å². The zero-order chi connectivity index (χ0) is 18.4. The van der Waals surface area contributed by atoms with Gasteiger partial charge < -0.3 is 15.1 Å². The van der Waals surface area contributed by atoms with Gasteiger partial charge >= 0.3 is 0 Å². The Hall–Kier alpha value is -2.93. The van der Waals surface area contributed by atoms with Crippen molar-refractivity contribution in [2.24, 2.45) is 0 Å². The molecule has 1 aliphatic heterocycles. The zero-order valence-electron chi connectivity index (χ0n) is 15.7. The van der Waals surface area contributed by atoms with E-state index < -0.39 is 0 Å². The summed E-state index contributed by atoms with van der Waals surface area (Å²) >= 11 is 0. The molecule has 27 heavy (non-hydrogen) atoms. The first-order chi connectivity index (χ1) is 13.2. The minimum absolute atomic E-state index is 0.768. The highest BCUT2D eigenvalue weighted by Gasteiger charge is 2.17. The quantitative estimate of drug-likeness (QED) is 0.592. The molecule has 0 amide bonds. The highest BCUT2D eigenvalue weighted by molar-refractivity contribution is 5.91. The van der Waals surface area contributed by atoms with Crippen molar-refractivity contribution in [1.29, 1.82) is 0 Å². The lowest BCUT2D eigenvalue weighted by Crippen LogP contribution is -2.29. The van der Waals surface area contributed by atoms with Crippen molar-refractivity contribution in [3.63, 3.8) is 0 Å². The van der Waals surface area contributed by atoms with Gasteiger partial charge in [0.2, 0.25) is 0 Å². The van der Waals surface area contributed by atoms with Gasteiger partial charge in [0.15, 0.2) is 17.1 Å². The second-order valence-corrected chi connectivity index (χ2v) is 7.13. The normalized spacial score (nSPS) is 16.3. The molecule has 1 aromatic carbocycles. The Kier molecular flexibility index (Phi) is 3.82. The van der Waals surface area contributed by atoms with Gasteiger partial charge in [-0.3, -0.25) is 4.40 Å². The topological polar surface area (TPSA) is 61.6 Å². The van der Waals surface area contributed by atoms with Gasteiger partial charge in [-0.1, -0.05) is 12.1 Å². The summed E-state index contributed by atoms with van der Waals surface area (Å²) in [4.78, 5) is 19.3. The highest BCUT2D eigenvalue weighted by Crippen LogP contribution is 2.27. The van der Waals surface area contributed by atoms with Crippen molar-refractivity contribution >= 4 is 39.5 Å². The number of para-hydroxylation sites is 2. The first-order valence-corrected chi connectivity index (χ1v) is 9.44. The lowest BCUT2D eigenvalue weighted by atomic mass is 10.3. The fraction of sp³-hybridized carbons (Fsp3) is 0.350. The van der Waals surface area contributed by atoms with Gasteiger partial charge in [-0.2, -0.15) is 0 Å². The van der Waals surface area contributed by atoms with Crippen LogP contribution < -0.4 is 10.2 Å². The van der Waals surface area contributed by atoms with Crippen molar-refractivity contribution in [3.8, 4) is 0 Å². The molecule has 0 atom stereocenters. The number of pyridine rings is 1. The first-order valence-electron chi connectivity index (χ1n) is 9.44. The van der Waals surface area contributed by atoms with Gasteiger partial charge in [-0.25, -0.2) is 15.0 Å². The molecule has 1 aliphatic rings. The monoisotopic (exact) mass is 361 g/mol. The van der Waals surface area contributed by atoms with Gasteiger partial charge in [0.05, 0.1) is 11.0 Å². The Balaban J connectivity index is 1.74. The Morgan fingerprint density at radius 3 is 2.63 bits per heavy atom. The van der Waals surface area contributed by atoms with Crippen LogP contribution in [0.5, 0.6) is 0 Å². The molecule has 0 radical (unpaired) electrons. The van der Waals surface area contributed by atoms with Gasteiger partial charge in [0.25, 0.3) is 0 Å². The third-order valence-electron chi connectivity index (χ3n) is 5.34. The lowest BCUT2D eigenvalue weighted by molar-refractivity contribution is 0.360. The van der Waals surface area contributed by atoms with Gasteiger partial charge in [0, 0.05) is 26.7 Å². The fourth-order valence-electron chi connectivity index (χ4n) is 3.87. The molecule has 1 saturated heterocycles. The van der Waals surface area contributed by atoms with Crippen LogP contribution in [0.15, 0.2) is 36.4 Å². The number of imidazole rings is 1. The van der Waals surface area contributed by atoms with Gasteiger partial charge in [-0.15, -0.1) is 0 Å². The summed E-state index contributed by atoms with van der Waals surface area (Å²) in [5.74, 6) is 1.78. The number of fused-ring (bicyclic) bond motifs is 5. The van der Waals surface area contributed by atoms with Gasteiger partial charge in [0.1, 0.15) is 11.3 Å². The molecule has 0 saturated carbocycles. The number of rotatable bonds is 2. The largest absolute Gasteiger partial charge is 0.370 e. The Morgan fingerprint density at radius 2 is 1.74 bits per heavy atom.